The van der Waals surface area contributed by atoms with Crippen molar-refractivity contribution >= 4 is 58.2 Å². The Kier molecular flexibility index (Phi) is 6.20. The molecular formula is C11H10Cl3NOS. The Labute approximate surface area is 119 Å². The number of amides is 1. The fraction of sp³-hybridized carbons (Fsp3) is 0.182. The molecule has 0 aliphatic heterocycles. The summed E-state index contributed by atoms with van der Waals surface area (Å²) in [6.45, 7) is 3.57. The first-order valence-corrected chi connectivity index (χ1v) is 6.96. The van der Waals surface area contributed by atoms with E-state index in [9.17, 15) is 4.79 Å². The summed E-state index contributed by atoms with van der Waals surface area (Å²) in [4.78, 5) is 11.6. The summed E-state index contributed by atoms with van der Waals surface area (Å²) in [7, 11) is 0. The largest absolute Gasteiger partial charge is 0.323 e. The SMILES string of the molecule is C=CCSCC(=O)Nc1c(Cl)cc(Cl)cc1Cl. The average molecular weight is 311 g/mol. The molecule has 1 rings (SSSR count). The lowest BCUT2D eigenvalue weighted by Gasteiger charge is -2.09. The molecule has 0 saturated carbocycles. The maximum atomic E-state index is 11.6. The third kappa shape index (κ3) is 4.80. The van der Waals surface area contributed by atoms with Gasteiger partial charge in [0.15, 0.2) is 0 Å². The first kappa shape index (κ1) is 14.7. The van der Waals surface area contributed by atoms with E-state index in [4.69, 9.17) is 34.8 Å². The smallest absolute Gasteiger partial charge is 0.234 e. The Morgan fingerprint density at radius 2 is 1.94 bits per heavy atom. The minimum absolute atomic E-state index is 0.164. The zero-order chi connectivity index (χ0) is 12.8. The van der Waals surface area contributed by atoms with Crippen molar-refractivity contribution in [2.45, 2.75) is 0 Å². The average Bonchev–Trinajstić information content (AvgIpc) is 2.24. The number of hydrogen-bond acceptors (Lipinski definition) is 2. The third-order valence-electron chi connectivity index (χ3n) is 1.74. The van der Waals surface area contributed by atoms with Crippen LogP contribution in [-0.2, 0) is 4.79 Å². The fourth-order valence-electron chi connectivity index (χ4n) is 1.07. The number of halogens is 3. The molecule has 0 spiro atoms. The van der Waals surface area contributed by atoms with Crippen molar-refractivity contribution in [3.63, 3.8) is 0 Å². The molecule has 0 aliphatic rings. The van der Waals surface area contributed by atoms with Crippen LogP contribution in [0, 0.1) is 0 Å². The fourth-order valence-corrected chi connectivity index (χ4v) is 2.53. The molecule has 0 radical (unpaired) electrons. The number of rotatable bonds is 5. The van der Waals surface area contributed by atoms with Gasteiger partial charge in [0, 0.05) is 10.8 Å². The van der Waals surface area contributed by atoms with Crippen molar-refractivity contribution in [3.05, 3.63) is 39.9 Å². The van der Waals surface area contributed by atoms with Gasteiger partial charge in [-0.3, -0.25) is 4.79 Å². The van der Waals surface area contributed by atoms with E-state index >= 15 is 0 Å². The number of anilines is 1. The maximum Gasteiger partial charge on any atom is 0.234 e. The van der Waals surface area contributed by atoms with Crippen molar-refractivity contribution < 1.29 is 4.79 Å². The molecule has 17 heavy (non-hydrogen) atoms. The summed E-state index contributed by atoms with van der Waals surface area (Å²) < 4.78 is 0. The standard InChI is InChI=1S/C11H10Cl3NOS/c1-2-3-17-6-10(16)15-11-8(13)4-7(12)5-9(11)14/h2,4-5H,1,3,6H2,(H,15,16). The predicted molar refractivity (Wildman–Crippen MR) is 77.6 cm³/mol. The van der Waals surface area contributed by atoms with E-state index in [1.54, 1.807) is 6.08 Å². The summed E-state index contributed by atoms with van der Waals surface area (Å²) >= 11 is 19.1. The van der Waals surface area contributed by atoms with Crippen LogP contribution in [0.15, 0.2) is 24.8 Å². The summed E-state index contributed by atoms with van der Waals surface area (Å²) in [5, 5.41) is 3.73. The maximum absolute atomic E-state index is 11.6. The zero-order valence-electron chi connectivity index (χ0n) is 8.80. The minimum Gasteiger partial charge on any atom is -0.323 e. The Morgan fingerprint density at radius 3 is 2.47 bits per heavy atom. The van der Waals surface area contributed by atoms with E-state index in [1.165, 1.54) is 23.9 Å². The predicted octanol–water partition coefficient (Wildman–Crippen LogP) is 4.50. The van der Waals surface area contributed by atoms with Gasteiger partial charge in [-0.15, -0.1) is 18.3 Å². The molecule has 0 aromatic heterocycles. The van der Waals surface area contributed by atoms with Gasteiger partial charge in [-0.1, -0.05) is 40.9 Å². The van der Waals surface area contributed by atoms with Crippen LogP contribution in [0.2, 0.25) is 15.1 Å². The highest BCUT2D eigenvalue weighted by molar-refractivity contribution is 8.00. The molecule has 0 heterocycles. The summed E-state index contributed by atoms with van der Waals surface area (Å²) in [6.07, 6.45) is 1.74. The Morgan fingerprint density at radius 1 is 1.35 bits per heavy atom. The molecule has 0 unspecified atom stereocenters. The van der Waals surface area contributed by atoms with Crippen LogP contribution < -0.4 is 5.32 Å². The molecule has 0 bridgehead atoms. The normalized spacial score (nSPS) is 10.1. The second-order valence-corrected chi connectivity index (χ2v) is 5.38. The molecule has 2 nitrogen and oxygen atoms in total. The van der Waals surface area contributed by atoms with Gasteiger partial charge in [0.25, 0.3) is 0 Å². The van der Waals surface area contributed by atoms with Gasteiger partial charge in [-0.05, 0) is 12.1 Å². The number of carbonyl (C=O) groups is 1. The van der Waals surface area contributed by atoms with Crippen LogP contribution in [0.3, 0.4) is 0 Å². The van der Waals surface area contributed by atoms with Crippen LogP contribution in [0.25, 0.3) is 0 Å². The molecule has 1 aromatic rings. The van der Waals surface area contributed by atoms with Crippen LogP contribution in [-0.4, -0.2) is 17.4 Å². The van der Waals surface area contributed by atoms with Gasteiger partial charge in [0.2, 0.25) is 5.91 Å². The lowest BCUT2D eigenvalue weighted by Crippen LogP contribution is -2.14. The molecule has 1 N–H and O–H groups in total. The van der Waals surface area contributed by atoms with Crippen molar-refractivity contribution in [1.82, 2.24) is 0 Å². The molecule has 0 saturated heterocycles. The number of hydrogen-bond donors (Lipinski definition) is 1. The van der Waals surface area contributed by atoms with E-state index in [0.29, 0.717) is 26.5 Å². The van der Waals surface area contributed by atoms with Crippen molar-refractivity contribution in [2.75, 3.05) is 16.8 Å². The molecule has 0 aliphatic carbocycles. The lowest BCUT2D eigenvalue weighted by atomic mass is 10.3. The topological polar surface area (TPSA) is 29.1 Å². The number of thioether (sulfide) groups is 1. The first-order valence-electron chi connectivity index (χ1n) is 4.67. The van der Waals surface area contributed by atoms with Crippen LogP contribution in [0.4, 0.5) is 5.69 Å². The van der Waals surface area contributed by atoms with E-state index in [-0.39, 0.29) is 5.91 Å². The van der Waals surface area contributed by atoms with Crippen molar-refractivity contribution in [3.8, 4) is 0 Å². The molecule has 0 fully saturated rings. The highest BCUT2D eigenvalue weighted by atomic mass is 35.5. The lowest BCUT2D eigenvalue weighted by molar-refractivity contribution is -0.113. The second kappa shape index (κ2) is 7.17. The Bertz CT molecular complexity index is 414. The van der Waals surface area contributed by atoms with Gasteiger partial charge in [0.05, 0.1) is 21.5 Å². The molecule has 92 valence electrons. The zero-order valence-corrected chi connectivity index (χ0v) is 11.9. The van der Waals surface area contributed by atoms with Gasteiger partial charge in [0.1, 0.15) is 0 Å². The minimum atomic E-state index is -0.164. The molecule has 1 aromatic carbocycles. The monoisotopic (exact) mass is 309 g/mol. The highest BCUT2D eigenvalue weighted by Crippen LogP contribution is 2.33. The Balaban J connectivity index is 2.68. The molecule has 6 heteroatoms. The molecular weight excluding hydrogens is 301 g/mol. The third-order valence-corrected chi connectivity index (χ3v) is 3.49. The number of nitrogens with one attached hydrogen (secondary N) is 1. The van der Waals surface area contributed by atoms with Crippen molar-refractivity contribution in [2.24, 2.45) is 0 Å². The van der Waals surface area contributed by atoms with Crippen LogP contribution in [0.1, 0.15) is 0 Å². The van der Waals surface area contributed by atoms with Gasteiger partial charge >= 0.3 is 0 Å². The quantitative estimate of drug-likeness (QED) is 0.640. The summed E-state index contributed by atoms with van der Waals surface area (Å²) in [5.41, 5.74) is 0.391. The number of benzene rings is 1. The van der Waals surface area contributed by atoms with E-state index in [2.05, 4.69) is 11.9 Å². The van der Waals surface area contributed by atoms with Gasteiger partial charge in [-0.25, -0.2) is 0 Å². The first-order chi connectivity index (χ1) is 8.04. The van der Waals surface area contributed by atoms with Crippen molar-refractivity contribution in [1.29, 1.82) is 0 Å². The van der Waals surface area contributed by atoms with Gasteiger partial charge in [-0.2, -0.15) is 0 Å². The van der Waals surface area contributed by atoms with E-state index in [1.807, 2.05) is 0 Å². The number of carbonyl (C=O) groups excluding carboxylic acids is 1. The summed E-state index contributed by atoms with van der Waals surface area (Å²) in [5.74, 6) is 0.875. The Hall–Kier alpha value is -0.350. The van der Waals surface area contributed by atoms with Gasteiger partial charge < -0.3 is 5.32 Å². The van der Waals surface area contributed by atoms with Crippen LogP contribution >= 0.6 is 46.6 Å². The highest BCUT2D eigenvalue weighted by Gasteiger charge is 2.10. The van der Waals surface area contributed by atoms with Crippen LogP contribution in [0.5, 0.6) is 0 Å². The molecule has 1 amide bonds. The van der Waals surface area contributed by atoms with E-state index < -0.39 is 0 Å². The summed E-state index contributed by atoms with van der Waals surface area (Å²) in [6, 6.07) is 3.06. The molecule has 0 atom stereocenters. The van der Waals surface area contributed by atoms with E-state index in [0.717, 1.165) is 5.75 Å². The second-order valence-electron chi connectivity index (χ2n) is 3.10.